The number of rotatable bonds is 6. The molecule has 2 aromatic heterocycles. The van der Waals surface area contributed by atoms with E-state index in [2.05, 4.69) is 31.4 Å². The molecule has 1 N–H and O–H groups in total. The van der Waals surface area contributed by atoms with Gasteiger partial charge in [0.15, 0.2) is 10.9 Å². The number of carbonyl (C=O) groups excluding carboxylic acids is 1. The van der Waals surface area contributed by atoms with Crippen LogP contribution in [0.5, 0.6) is 0 Å². The Bertz CT molecular complexity index is 1130. The molecule has 4 aromatic rings. The average Bonchev–Trinajstić information content (AvgIpc) is 3.38. The van der Waals surface area contributed by atoms with E-state index in [0.717, 1.165) is 10.2 Å². The lowest BCUT2D eigenvalue weighted by Gasteiger charge is -2.10. The Morgan fingerprint density at radius 2 is 1.90 bits per heavy atom. The van der Waals surface area contributed by atoms with Crippen molar-refractivity contribution in [1.29, 1.82) is 0 Å². The van der Waals surface area contributed by atoms with E-state index >= 15 is 0 Å². The van der Waals surface area contributed by atoms with Gasteiger partial charge < -0.3 is 9.73 Å². The summed E-state index contributed by atoms with van der Waals surface area (Å²) in [6.07, 6.45) is 1.58. The number of aromatic nitrogens is 3. The van der Waals surface area contributed by atoms with Crippen LogP contribution in [-0.2, 0) is 4.79 Å². The van der Waals surface area contributed by atoms with Crippen molar-refractivity contribution >= 4 is 50.9 Å². The molecule has 0 aliphatic carbocycles. The normalized spacial score (nSPS) is 10.8. The molecule has 0 saturated carbocycles. The standard InChI is InChI=1S/C20H14BrClN4O2S/c21-15-4-1-2-5-16(15)23-18(27)12-29-20-25-24-19(17-6-3-11-28-17)26(20)14-9-7-13(22)8-10-14/h1-11H,12H2,(H,23,27). The first-order valence-corrected chi connectivity index (χ1v) is 10.7. The first kappa shape index (κ1) is 19.8. The smallest absolute Gasteiger partial charge is 0.234 e. The maximum Gasteiger partial charge on any atom is 0.234 e. The topological polar surface area (TPSA) is 73.0 Å². The van der Waals surface area contributed by atoms with E-state index in [1.54, 1.807) is 24.5 Å². The highest BCUT2D eigenvalue weighted by Gasteiger charge is 2.19. The Balaban J connectivity index is 1.58. The molecule has 0 atom stereocenters. The maximum absolute atomic E-state index is 12.4. The summed E-state index contributed by atoms with van der Waals surface area (Å²) in [6, 6.07) is 18.4. The van der Waals surface area contributed by atoms with E-state index in [4.69, 9.17) is 16.0 Å². The van der Waals surface area contributed by atoms with Gasteiger partial charge in [0, 0.05) is 15.2 Å². The minimum Gasteiger partial charge on any atom is -0.461 e. The van der Waals surface area contributed by atoms with Crippen molar-refractivity contribution in [3.63, 3.8) is 0 Å². The highest BCUT2D eigenvalue weighted by molar-refractivity contribution is 9.10. The predicted octanol–water partition coefficient (Wildman–Crippen LogP) is 5.67. The second-order valence-corrected chi connectivity index (χ2v) is 8.15. The number of furan rings is 1. The lowest BCUT2D eigenvalue weighted by Crippen LogP contribution is -2.15. The average molecular weight is 490 g/mol. The summed E-state index contributed by atoms with van der Waals surface area (Å²) in [5.74, 6) is 1.15. The van der Waals surface area contributed by atoms with Crippen LogP contribution in [0.4, 0.5) is 5.69 Å². The van der Waals surface area contributed by atoms with E-state index in [1.807, 2.05) is 47.0 Å². The van der Waals surface area contributed by atoms with Crippen molar-refractivity contribution in [2.24, 2.45) is 0 Å². The Labute approximate surface area is 184 Å². The number of nitrogens with one attached hydrogen (secondary N) is 1. The summed E-state index contributed by atoms with van der Waals surface area (Å²) in [6.45, 7) is 0. The maximum atomic E-state index is 12.4. The summed E-state index contributed by atoms with van der Waals surface area (Å²) in [7, 11) is 0. The highest BCUT2D eigenvalue weighted by atomic mass is 79.9. The summed E-state index contributed by atoms with van der Waals surface area (Å²) in [4.78, 5) is 12.4. The Hall–Kier alpha value is -2.55. The molecule has 2 aromatic carbocycles. The monoisotopic (exact) mass is 488 g/mol. The molecule has 0 aliphatic rings. The molecule has 2 heterocycles. The summed E-state index contributed by atoms with van der Waals surface area (Å²) < 4.78 is 8.15. The van der Waals surface area contributed by atoms with Crippen LogP contribution in [0, 0.1) is 0 Å². The SMILES string of the molecule is O=C(CSc1nnc(-c2ccco2)n1-c1ccc(Cl)cc1)Nc1ccccc1Br. The number of anilines is 1. The van der Waals surface area contributed by atoms with Gasteiger partial charge in [0.25, 0.3) is 0 Å². The summed E-state index contributed by atoms with van der Waals surface area (Å²) >= 11 is 10.7. The van der Waals surface area contributed by atoms with Crippen LogP contribution < -0.4 is 5.32 Å². The molecule has 1 amide bonds. The van der Waals surface area contributed by atoms with Gasteiger partial charge in [-0.15, -0.1) is 10.2 Å². The Morgan fingerprint density at radius 1 is 1.10 bits per heavy atom. The molecular formula is C20H14BrClN4O2S. The van der Waals surface area contributed by atoms with E-state index in [0.29, 0.717) is 27.5 Å². The fourth-order valence-corrected chi connectivity index (χ4v) is 3.89. The van der Waals surface area contributed by atoms with Crippen LogP contribution in [0.2, 0.25) is 5.02 Å². The van der Waals surface area contributed by atoms with E-state index in [1.165, 1.54) is 11.8 Å². The number of thioether (sulfide) groups is 1. The number of benzene rings is 2. The number of carbonyl (C=O) groups is 1. The van der Waals surface area contributed by atoms with Crippen LogP contribution in [0.25, 0.3) is 17.3 Å². The number of amides is 1. The minimum atomic E-state index is -0.146. The van der Waals surface area contributed by atoms with Crippen molar-refractivity contribution in [3.05, 3.63) is 76.4 Å². The second-order valence-electron chi connectivity index (χ2n) is 5.91. The fourth-order valence-electron chi connectivity index (χ4n) is 2.63. The predicted molar refractivity (Wildman–Crippen MR) is 118 cm³/mol. The van der Waals surface area contributed by atoms with Crippen molar-refractivity contribution in [2.45, 2.75) is 5.16 Å². The molecule has 0 saturated heterocycles. The highest BCUT2D eigenvalue weighted by Crippen LogP contribution is 2.29. The lowest BCUT2D eigenvalue weighted by molar-refractivity contribution is -0.113. The molecule has 29 heavy (non-hydrogen) atoms. The third-order valence-electron chi connectivity index (χ3n) is 3.94. The molecular weight excluding hydrogens is 476 g/mol. The van der Waals surface area contributed by atoms with Crippen molar-refractivity contribution < 1.29 is 9.21 Å². The third-order valence-corrected chi connectivity index (χ3v) is 5.81. The molecule has 9 heteroatoms. The van der Waals surface area contributed by atoms with Gasteiger partial charge in [-0.3, -0.25) is 9.36 Å². The summed E-state index contributed by atoms with van der Waals surface area (Å²) in [5, 5.41) is 12.6. The zero-order chi connectivity index (χ0) is 20.2. The first-order chi connectivity index (χ1) is 14.1. The van der Waals surface area contributed by atoms with Gasteiger partial charge in [0.05, 0.1) is 17.7 Å². The fraction of sp³-hybridized carbons (Fsp3) is 0.0500. The van der Waals surface area contributed by atoms with Crippen LogP contribution in [0.15, 0.2) is 81.0 Å². The first-order valence-electron chi connectivity index (χ1n) is 8.54. The number of nitrogens with zero attached hydrogens (tertiary/aromatic N) is 3. The van der Waals surface area contributed by atoms with E-state index < -0.39 is 0 Å². The van der Waals surface area contributed by atoms with Gasteiger partial charge in [-0.05, 0) is 64.5 Å². The van der Waals surface area contributed by atoms with Crippen LogP contribution in [-0.4, -0.2) is 26.4 Å². The Morgan fingerprint density at radius 3 is 2.62 bits per heavy atom. The van der Waals surface area contributed by atoms with Crippen molar-refractivity contribution in [1.82, 2.24) is 14.8 Å². The molecule has 0 fully saturated rings. The molecule has 0 bridgehead atoms. The van der Waals surface area contributed by atoms with E-state index in [9.17, 15) is 4.79 Å². The minimum absolute atomic E-state index is 0.146. The molecule has 0 radical (unpaired) electrons. The molecule has 146 valence electrons. The van der Waals surface area contributed by atoms with Gasteiger partial charge in [-0.2, -0.15) is 0 Å². The quantitative estimate of drug-likeness (QED) is 0.353. The van der Waals surface area contributed by atoms with Crippen LogP contribution in [0.3, 0.4) is 0 Å². The van der Waals surface area contributed by atoms with Crippen LogP contribution in [0.1, 0.15) is 0 Å². The largest absolute Gasteiger partial charge is 0.461 e. The molecule has 0 aliphatic heterocycles. The lowest BCUT2D eigenvalue weighted by atomic mass is 10.3. The number of halogens is 2. The van der Waals surface area contributed by atoms with Gasteiger partial charge in [0.1, 0.15) is 0 Å². The van der Waals surface area contributed by atoms with Crippen molar-refractivity contribution in [2.75, 3.05) is 11.1 Å². The Kier molecular flexibility index (Phi) is 6.03. The van der Waals surface area contributed by atoms with Crippen molar-refractivity contribution in [3.8, 4) is 17.3 Å². The van der Waals surface area contributed by atoms with Gasteiger partial charge in [0.2, 0.25) is 11.7 Å². The summed E-state index contributed by atoms with van der Waals surface area (Å²) in [5.41, 5.74) is 1.54. The van der Waals surface area contributed by atoms with E-state index in [-0.39, 0.29) is 11.7 Å². The van der Waals surface area contributed by atoms with Gasteiger partial charge in [-0.25, -0.2) is 0 Å². The number of para-hydroxylation sites is 1. The molecule has 0 spiro atoms. The molecule has 4 rings (SSSR count). The zero-order valence-corrected chi connectivity index (χ0v) is 18.0. The van der Waals surface area contributed by atoms with Crippen LogP contribution >= 0.6 is 39.3 Å². The molecule has 0 unspecified atom stereocenters. The third kappa shape index (κ3) is 4.55. The molecule has 6 nitrogen and oxygen atoms in total. The van der Waals surface area contributed by atoms with Gasteiger partial charge in [-0.1, -0.05) is 35.5 Å². The number of hydrogen-bond donors (Lipinski definition) is 1. The van der Waals surface area contributed by atoms with Gasteiger partial charge >= 0.3 is 0 Å². The zero-order valence-electron chi connectivity index (χ0n) is 14.9. The second kappa shape index (κ2) is 8.86. The number of hydrogen-bond acceptors (Lipinski definition) is 5.